The van der Waals surface area contributed by atoms with Gasteiger partial charge in [-0.3, -0.25) is 0 Å². The molecule has 1 aromatic carbocycles. The van der Waals surface area contributed by atoms with E-state index in [0.29, 0.717) is 12.4 Å². The molecular formula is C17H18O4. The van der Waals surface area contributed by atoms with Crippen molar-refractivity contribution in [3.05, 3.63) is 58.5 Å². The third-order valence-electron chi connectivity index (χ3n) is 3.99. The third kappa shape index (κ3) is 2.85. The number of carboxylic acids is 1. The van der Waals surface area contributed by atoms with Crippen LogP contribution in [0.5, 0.6) is 0 Å². The normalized spacial score (nSPS) is 17.5. The van der Waals surface area contributed by atoms with Gasteiger partial charge in [-0.05, 0) is 43.4 Å². The Kier molecular flexibility index (Phi) is 3.80. The maximum Gasteiger partial charge on any atom is 0.371 e. The van der Waals surface area contributed by atoms with Crippen LogP contribution in [0.1, 0.15) is 52.0 Å². The molecule has 110 valence electrons. The van der Waals surface area contributed by atoms with Gasteiger partial charge in [-0.2, -0.15) is 0 Å². The Morgan fingerprint density at radius 1 is 1.43 bits per heavy atom. The predicted molar refractivity (Wildman–Crippen MR) is 77.3 cm³/mol. The Morgan fingerprint density at radius 3 is 3.00 bits per heavy atom. The third-order valence-corrected chi connectivity index (χ3v) is 3.99. The number of rotatable bonds is 4. The van der Waals surface area contributed by atoms with Crippen molar-refractivity contribution >= 4 is 5.97 Å². The topological polar surface area (TPSA) is 59.7 Å². The number of hydrogen-bond donors (Lipinski definition) is 1. The molecule has 4 nitrogen and oxygen atoms in total. The molecule has 0 aliphatic heterocycles. The zero-order valence-corrected chi connectivity index (χ0v) is 12.0. The Labute approximate surface area is 123 Å². The van der Waals surface area contributed by atoms with Crippen molar-refractivity contribution in [2.24, 2.45) is 0 Å². The van der Waals surface area contributed by atoms with Gasteiger partial charge in [0.25, 0.3) is 0 Å². The van der Waals surface area contributed by atoms with Crippen LogP contribution in [-0.4, -0.2) is 11.1 Å². The summed E-state index contributed by atoms with van der Waals surface area (Å²) in [6.45, 7) is 2.14. The maximum absolute atomic E-state index is 10.9. The van der Waals surface area contributed by atoms with Gasteiger partial charge < -0.3 is 14.3 Å². The quantitative estimate of drug-likeness (QED) is 0.926. The van der Waals surface area contributed by atoms with Gasteiger partial charge in [-0.15, -0.1) is 0 Å². The van der Waals surface area contributed by atoms with Gasteiger partial charge in [0.1, 0.15) is 5.76 Å². The molecule has 0 saturated heterocycles. The number of aryl methyl sites for hydroxylation is 2. The molecule has 21 heavy (non-hydrogen) atoms. The summed E-state index contributed by atoms with van der Waals surface area (Å²) in [5.41, 5.74) is 3.41. The first-order valence-corrected chi connectivity index (χ1v) is 7.17. The van der Waals surface area contributed by atoms with Crippen LogP contribution in [0, 0.1) is 6.92 Å². The van der Waals surface area contributed by atoms with E-state index in [1.165, 1.54) is 11.1 Å². The average Bonchev–Trinajstić information content (AvgIpc) is 2.86. The van der Waals surface area contributed by atoms with Crippen LogP contribution in [0.3, 0.4) is 0 Å². The molecular weight excluding hydrogens is 268 g/mol. The minimum atomic E-state index is -1.05. The summed E-state index contributed by atoms with van der Waals surface area (Å²) in [6, 6.07) is 9.90. The van der Waals surface area contributed by atoms with Crippen molar-refractivity contribution < 1.29 is 19.1 Å². The fourth-order valence-corrected chi connectivity index (χ4v) is 2.84. The highest BCUT2D eigenvalue weighted by Crippen LogP contribution is 2.33. The number of carbonyl (C=O) groups is 1. The lowest BCUT2D eigenvalue weighted by atomic mass is 9.89. The van der Waals surface area contributed by atoms with E-state index in [1.807, 2.05) is 6.07 Å². The highest BCUT2D eigenvalue weighted by molar-refractivity contribution is 5.84. The zero-order chi connectivity index (χ0) is 14.8. The second kappa shape index (κ2) is 5.74. The molecule has 1 aliphatic rings. The van der Waals surface area contributed by atoms with E-state index in [4.69, 9.17) is 14.3 Å². The van der Waals surface area contributed by atoms with E-state index in [-0.39, 0.29) is 11.9 Å². The second-order valence-corrected chi connectivity index (χ2v) is 5.39. The van der Waals surface area contributed by atoms with Gasteiger partial charge in [0, 0.05) is 5.56 Å². The lowest BCUT2D eigenvalue weighted by molar-refractivity contribution is 0.0277. The molecule has 0 radical (unpaired) electrons. The van der Waals surface area contributed by atoms with Crippen molar-refractivity contribution in [1.82, 2.24) is 0 Å². The zero-order valence-electron chi connectivity index (χ0n) is 12.0. The van der Waals surface area contributed by atoms with Crippen molar-refractivity contribution in [1.29, 1.82) is 0 Å². The largest absolute Gasteiger partial charge is 0.475 e. The van der Waals surface area contributed by atoms with E-state index in [1.54, 1.807) is 13.0 Å². The van der Waals surface area contributed by atoms with E-state index < -0.39 is 5.97 Å². The highest BCUT2D eigenvalue weighted by Gasteiger charge is 2.21. The van der Waals surface area contributed by atoms with Crippen LogP contribution >= 0.6 is 0 Å². The lowest BCUT2D eigenvalue weighted by Crippen LogP contribution is -2.12. The summed E-state index contributed by atoms with van der Waals surface area (Å²) < 4.78 is 11.2. The molecule has 3 rings (SSSR count). The fourth-order valence-electron chi connectivity index (χ4n) is 2.84. The van der Waals surface area contributed by atoms with Gasteiger partial charge in [-0.1, -0.05) is 24.3 Å². The molecule has 0 spiro atoms. The SMILES string of the molecule is Cc1oc(C(=O)O)cc1COC1CCCc2ccccc21. The van der Waals surface area contributed by atoms with Crippen molar-refractivity contribution in [3.8, 4) is 0 Å². The number of fused-ring (bicyclic) bond motifs is 1. The van der Waals surface area contributed by atoms with Crippen molar-refractivity contribution in [2.45, 2.75) is 38.9 Å². The highest BCUT2D eigenvalue weighted by atomic mass is 16.5. The predicted octanol–water partition coefficient (Wildman–Crippen LogP) is 3.88. The summed E-state index contributed by atoms with van der Waals surface area (Å²) in [7, 11) is 0. The van der Waals surface area contributed by atoms with Gasteiger partial charge in [-0.25, -0.2) is 4.79 Å². The Hall–Kier alpha value is -2.07. The van der Waals surface area contributed by atoms with Gasteiger partial charge >= 0.3 is 5.97 Å². The van der Waals surface area contributed by atoms with E-state index in [9.17, 15) is 4.79 Å². The first-order chi connectivity index (χ1) is 10.1. The number of aromatic carboxylic acids is 1. The Morgan fingerprint density at radius 2 is 2.24 bits per heavy atom. The number of benzene rings is 1. The minimum absolute atomic E-state index is 0.0323. The molecule has 0 bridgehead atoms. The summed E-state index contributed by atoms with van der Waals surface area (Å²) in [5.74, 6) is -0.473. The molecule has 1 unspecified atom stereocenters. The number of hydrogen-bond acceptors (Lipinski definition) is 3. The van der Waals surface area contributed by atoms with Crippen LogP contribution in [0.2, 0.25) is 0 Å². The smallest absolute Gasteiger partial charge is 0.371 e. The minimum Gasteiger partial charge on any atom is -0.475 e. The molecule has 1 heterocycles. The van der Waals surface area contributed by atoms with Gasteiger partial charge in [0.05, 0.1) is 12.7 Å². The molecule has 1 aliphatic carbocycles. The summed E-state index contributed by atoms with van der Waals surface area (Å²) in [6.07, 6.45) is 3.30. The maximum atomic E-state index is 10.9. The summed E-state index contributed by atoms with van der Waals surface area (Å²) >= 11 is 0. The Balaban J connectivity index is 1.73. The summed E-state index contributed by atoms with van der Waals surface area (Å²) in [4.78, 5) is 10.9. The fraction of sp³-hybridized carbons (Fsp3) is 0.353. The van der Waals surface area contributed by atoms with Crippen LogP contribution in [-0.2, 0) is 17.8 Å². The van der Waals surface area contributed by atoms with E-state index >= 15 is 0 Å². The molecule has 1 aromatic heterocycles. The molecule has 0 saturated carbocycles. The van der Waals surface area contributed by atoms with Crippen LogP contribution in [0.4, 0.5) is 0 Å². The molecule has 1 atom stereocenters. The molecule has 0 fully saturated rings. The average molecular weight is 286 g/mol. The number of furan rings is 1. The van der Waals surface area contributed by atoms with Gasteiger partial charge in [0.2, 0.25) is 5.76 Å². The lowest BCUT2D eigenvalue weighted by Gasteiger charge is -2.25. The Bertz CT molecular complexity index is 657. The molecule has 4 heteroatoms. The van der Waals surface area contributed by atoms with E-state index in [0.717, 1.165) is 24.8 Å². The first-order valence-electron chi connectivity index (χ1n) is 7.17. The van der Waals surface area contributed by atoms with Crippen molar-refractivity contribution in [2.75, 3.05) is 0 Å². The number of carboxylic acid groups (broad SMARTS) is 1. The number of ether oxygens (including phenoxy) is 1. The molecule has 2 aromatic rings. The summed E-state index contributed by atoms with van der Waals surface area (Å²) in [5, 5.41) is 8.94. The molecule has 1 N–H and O–H groups in total. The van der Waals surface area contributed by atoms with Gasteiger partial charge in [0.15, 0.2) is 0 Å². The van der Waals surface area contributed by atoms with Crippen LogP contribution < -0.4 is 0 Å². The monoisotopic (exact) mass is 286 g/mol. The van der Waals surface area contributed by atoms with E-state index in [2.05, 4.69) is 18.2 Å². The van der Waals surface area contributed by atoms with Crippen LogP contribution in [0.25, 0.3) is 0 Å². The first kappa shape index (κ1) is 13.9. The van der Waals surface area contributed by atoms with Crippen LogP contribution in [0.15, 0.2) is 34.7 Å². The standard InChI is InChI=1S/C17H18O4/c1-11-13(9-16(21-11)17(18)19)10-20-15-8-4-6-12-5-2-3-7-14(12)15/h2-3,5,7,9,15H,4,6,8,10H2,1H3,(H,18,19). The second-order valence-electron chi connectivity index (χ2n) is 5.39. The molecule has 0 amide bonds. The van der Waals surface area contributed by atoms with Crippen molar-refractivity contribution in [3.63, 3.8) is 0 Å².